The Hall–Kier alpha value is -0.895. The largest absolute Gasteiger partial charge is 0.497 e. The van der Waals surface area contributed by atoms with Crippen LogP contribution in [0.4, 0.5) is 0 Å². The average Bonchev–Trinajstić information content (AvgIpc) is 2.28. The van der Waals surface area contributed by atoms with E-state index in [-0.39, 0.29) is 6.19 Å². The van der Waals surface area contributed by atoms with Gasteiger partial charge in [-0.15, -0.1) is 0 Å². The van der Waals surface area contributed by atoms with Crippen molar-refractivity contribution in [1.82, 2.24) is 0 Å². The third-order valence-electron chi connectivity index (χ3n) is 1.74. The van der Waals surface area contributed by atoms with E-state index in [1.54, 1.807) is 7.11 Å². The third kappa shape index (κ3) is 7.40. The summed E-state index contributed by atoms with van der Waals surface area (Å²) in [6, 6.07) is 8.26. The molecule has 2 nitrogen and oxygen atoms in total. The lowest BCUT2D eigenvalue weighted by molar-refractivity contribution is 0.414. The molecular weight excluding hydrogens is 219 g/mol. The Morgan fingerprint density at radius 2 is 1.88 bits per heavy atom. The number of ether oxygens (including phenoxy) is 1. The summed E-state index contributed by atoms with van der Waals surface area (Å²) in [7, 11) is 5.86. The number of hydrogen-bond acceptors (Lipinski definition) is 3. The fourth-order valence-corrected chi connectivity index (χ4v) is 1.70. The van der Waals surface area contributed by atoms with Gasteiger partial charge in [0.05, 0.1) is 13.3 Å². The molecule has 1 aromatic carbocycles. The first kappa shape index (κ1) is 15.1. The number of rotatable bonds is 4. The summed E-state index contributed by atoms with van der Waals surface area (Å²) < 4.78 is 5.09. The molecule has 2 radical (unpaired) electrons. The van der Waals surface area contributed by atoms with Gasteiger partial charge in [0.1, 0.15) is 5.75 Å². The number of methoxy groups -OCH3 is 1. The van der Waals surface area contributed by atoms with Crippen LogP contribution in [0, 0.1) is 0 Å². The Labute approximate surface area is 103 Å². The van der Waals surface area contributed by atoms with Gasteiger partial charge in [-0.05, 0) is 22.9 Å². The van der Waals surface area contributed by atoms with Gasteiger partial charge in [-0.3, -0.25) is 0 Å². The fourth-order valence-electron chi connectivity index (χ4n) is 0.985. The van der Waals surface area contributed by atoms with Crippen LogP contribution in [-0.4, -0.2) is 26.4 Å². The number of carbonyl (C=O) groups is 1. The molecule has 16 heavy (non-hydrogen) atoms. The molecule has 0 saturated heterocycles. The standard InChI is InChI=1S/C11H16OS.CHBO/c1-9(2)13-8-10-4-6-11(12-3)7-5-10;2-1-3/h4-7,9H,8H2,1-3H3;1H. The summed E-state index contributed by atoms with van der Waals surface area (Å²) >= 11 is 1.96. The Morgan fingerprint density at radius 1 is 1.38 bits per heavy atom. The van der Waals surface area contributed by atoms with Gasteiger partial charge in [-0.2, -0.15) is 11.8 Å². The minimum absolute atomic E-state index is 0.250. The van der Waals surface area contributed by atoms with Gasteiger partial charge in [0.2, 0.25) is 0 Å². The fraction of sp³-hybridized carbons (Fsp3) is 0.417. The Kier molecular flexibility index (Phi) is 8.82. The highest BCUT2D eigenvalue weighted by Gasteiger charge is 1.97. The lowest BCUT2D eigenvalue weighted by Gasteiger charge is -2.05. The van der Waals surface area contributed by atoms with E-state index in [1.807, 2.05) is 23.9 Å². The minimum atomic E-state index is 0.250. The quantitative estimate of drug-likeness (QED) is 0.593. The zero-order chi connectivity index (χ0) is 12.4. The molecule has 1 rings (SSSR count). The van der Waals surface area contributed by atoms with Crippen molar-refractivity contribution >= 4 is 25.8 Å². The van der Waals surface area contributed by atoms with Gasteiger partial charge in [0.15, 0.2) is 7.85 Å². The van der Waals surface area contributed by atoms with Gasteiger partial charge >= 0.3 is 0 Å². The van der Waals surface area contributed by atoms with Crippen molar-refractivity contribution in [3.63, 3.8) is 0 Å². The Morgan fingerprint density at radius 3 is 2.25 bits per heavy atom. The molecule has 0 aliphatic heterocycles. The van der Waals surface area contributed by atoms with Crippen molar-refractivity contribution in [2.24, 2.45) is 0 Å². The van der Waals surface area contributed by atoms with E-state index in [2.05, 4.69) is 33.8 Å². The van der Waals surface area contributed by atoms with Gasteiger partial charge in [-0.1, -0.05) is 26.0 Å². The van der Waals surface area contributed by atoms with Crippen molar-refractivity contribution in [3.8, 4) is 5.75 Å². The highest BCUT2D eigenvalue weighted by atomic mass is 32.2. The normalized spacial score (nSPS) is 9.25. The molecule has 0 aliphatic rings. The van der Waals surface area contributed by atoms with Crippen molar-refractivity contribution < 1.29 is 9.53 Å². The maximum atomic E-state index is 8.58. The molecule has 0 N–H and O–H groups in total. The van der Waals surface area contributed by atoms with Crippen LogP contribution in [0.25, 0.3) is 0 Å². The van der Waals surface area contributed by atoms with Crippen LogP contribution in [0.15, 0.2) is 24.3 Å². The number of hydrogen-bond donors (Lipinski definition) is 0. The van der Waals surface area contributed by atoms with Crippen LogP contribution in [0.2, 0.25) is 0 Å². The maximum Gasteiger partial charge on any atom is 0.162 e. The molecule has 0 saturated carbocycles. The zero-order valence-corrected chi connectivity index (χ0v) is 10.8. The molecular formula is C12H17BO2S. The second-order valence-electron chi connectivity index (χ2n) is 3.34. The highest BCUT2D eigenvalue weighted by molar-refractivity contribution is 7.99. The Bertz CT molecular complexity index is 286. The molecule has 0 bridgehead atoms. The number of carbonyl (C=O) groups excluding carboxylic acids is 1. The lowest BCUT2D eigenvalue weighted by Crippen LogP contribution is -1.89. The van der Waals surface area contributed by atoms with Gasteiger partial charge in [0, 0.05) is 5.75 Å². The lowest BCUT2D eigenvalue weighted by atomic mass is 10.2. The van der Waals surface area contributed by atoms with E-state index >= 15 is 0 Å². The van der Waals surface area contributed by atoms with Gasteiger partial charge in [-0.25, -0.2) is 0 Å². The van der Waals surface area contributed by atoms with E-state index in [4.69, 9.17) is 9.53 Å². The molecule has 1 aromatic rings. The summed E-state index contributed by atoms with van der Waals surface area (Å²) in [5, 5.41) is 0.696. The second kappa shape index (κ2) is 9.34. The summed E-state index contributed by atoms with van der Waals surface area (Å²) in [6.07, 6.45) is 0.250. The first-order valence-corrected chi connectivity index (χ1v) is 6.08. The van der Waals surface area contributed by atoms with E-state index < -0.39 is 0 Å². The SMILES string of the molecule is COc1ccc(CSC(C)C)cc1.[B]C=O. The molecule has 0 fully saturated rings. The van der Waals surface area contributed by atoms with E-state index in [0.717, 1.165) is 11.5 Å². The number of benzene rings is 1. The van der Waals surface area contributed by atoms with Crippen molar-refractivity contribution in [2.75, 3.05) is 7.11 Å². The molecule has 0 unspecified atom stereocenters. The first-order chi connectivity index (χ1) is 7.63. The van der Waals surface area contributed by atoms with Crippen LogP contribution < -0.4 is 4.74 Å². The summed E-state index contributed by atoms with van der Waals surface area (Å²) in [6.45, 7) is 4.43. The average molecular weight is 236 g/mol. The van der Waals surface area contributed by atoms with Crippen molar-refractivity contribution in [1.29, 1.82) is 0 Å². The molecule has 0 heterocycles. The molecule has 0 atom stereocenters. The maximum absolute atomic E-state index is 8.58. The van der Waals surface area contributed by atoms with E-state index in [1.165, 1.54) is 5.56 Å². The second-order valence-corrected chi connectivity index (χ2v) is 4.91. The monoisotopic (exact) mass is 236 g/mol. The number of thioether (sulfide) groups is 1. The van der Waals surface area contributed by atoms with Gasteiger partial charge < -0.3 is 9.53 Å². The predicted molar refractivity (Wildman–Crippen MR) is 71.9 cm³/mol. The van der Waals surface area contributed by atoms with E-state index in [9.17, 15) is 0 Å². The van der Waals surface area contributed by atoms with Crippen LogP contribution >= 0.6 is 11.8 Å². The molecule has 0 aliphatic carbocycles. The van der Waals surface area contributed by atoms with Crippen molar-refractivity contribution in [3.05, 3.63) is 29.8 Å². The molecule has 86 valence electrons. The molecule has 0 amide bonds. The smallest absolute Gasteiger partial charge is 0.162 e. The van der Waals surface area contributed by atoms with Crippen LogP contribution in [0.5, 0.6) is 5.75 Å². The van der Waals surface area contributed by atoms with Crippen LogP contribution in [0.1, 0.15) is 19.4 Å². The summed E-state index contributed by atoms with van der Waals surface area (Å²) in [4.78, 5) is 8.58. The summed E-state index contributed by atoms with van der Waals surface area (Å²) in [5.41, 5.74) is 1.36. The zero-order valence-electron chi connectivity index (χ0n) is 9.97. The summed E-state index contributed by atoms with van der Waals surface area (Å²) in [5.74, 6) is 2.01. The van der Waals surface area contributed by atoms with Crippen molar-refractivity contribution in [2.45, 2.75) is 24.9 Å². The van der Waals surface area contributed by atoms with Crippen LogP contribution in [-0.2, 0) is 10.5 Å². The predicted octanol–water partition coefficient (Wildman–Crippen LogP) is 2.68. The Balaban J connectivity index is 0.000000673. The molecule has 0 aromatic heterocycles. The minimum Gasteiger partial charge on any atom is -0.497 e. The third-order valence-corrected chi connectivity index (χ3v) is 2.91. The molecule has 4 heteroatoms. The van der Waals surface area contributed by atoms with E-state index in [0.29, 0.717) is 5.25 Å². The highest BCUT2D eigenvalue weighted by Crippen LogP contribution is 2.19. The molecule has 0 spiro atoms. The topological polar surface area (TPSA) is 26.3 Å². The van der Waals surface area contributed by atoms with Gasteiger partial charge in [0.25, 0.3) is 0 Å². The van der Waals surface area contributed by atoms with Crippen LogP contribution in [0.3, 0.4) is 0 Å². The first-order valence-electron chi connectivity index (χ1n) is 5.04.